The number of ether oxygens (including phenoxy) is 1. The van der Waals surface area contributed by atoms with E-state index >= 15 is 0 Å². The predicted molar refractivity (Wildman–Crippen MR) is 80.0 cm³/mol. The van der Waals surface area contributed by atoms with Gasteiger partial charge in [-0.1, -0.05) is 27.5 Å². The highest BCUT2D eigenvalue weighted by Crippen LogP contribution is 2.50. The summed E-state index contributed by atoms with van der Waals surface area (Å²) in [7, 11) is 1.98. The minimum Gasteiger partial charge on any atom is -0.377 e. The molecule has 0 N–H and O–H groups in total. The van der Waals surface area contributed by atoms with Gasteiger partial charge < -0.3 is 4.74 Å². The molecule has 2 atom stereocenters. The van der Waals surface area contributed by atoms with E-state index in [9.17, 15) is 0 Å². The van der Waals surface area contributed by atoms with Crippen molar-refractivity contribution < 1.29 is 4.74 Å². The Morgan fingerprint density at radius 3 is 2.79 bits per heavy atom. The lowest BCUT2D eigenvalue weighted by Gasteiger charge is -2.32. The molecule has 1 saturated carbocycles. The second-order valence-electron chi connectivity index (χ2n) is 6.02. The summed E-state index contributed by atoms with van der Waals surface area (Å²) in [5.74, 6) is 0.758. The smallest absolute Gasteiger partial charge is 0.0847 e. The van der Waals surface area contributed by atoms with Gasteiger partial charge in [-0.15, -0.1) is 0 Å². The standard InChI is InChI=1S/C14H20BrClN2O/c1-9-12(16)11(18(2)17-9)7-14(8-15)5-6-19-13(14)10-3-4-10/h10,13H,3-8H2,1-2H3. The van der Waals surface area contributed by atoms with Crippen molar-refractivity contribution in [1.82, 2.24) is 9.78 Å². The number of halogens is 2. The summed E-state index contributed by atoms with van der Waals surface area (Å²) in [4.78, 5) is 0. The fraction of sp³-hybridized carbons (Fsp3) is 0.786. The Bertz CT molecular complexity index is 486. The van der Waals surface area contributed by atoms with E-state index in [0.29, 0.717) is 6.10 Å². The van der Waals surface area contributed by atoms with Crippen LogP contribution in [-0.4, -0.2) is 27.8 Å². The van der Waals surface area contributed by atoms with Gasteiger partial charge in [0.1, 0.15) is 0 Å². The Balaban J connectivity index is 1.90. The van der Waals surface area contributed by atoms with E-state index in [4.69, 9.17) is 16.3 Å². The van der Waals surface area contributed by atoms with Crippen LogP contribution in [0.5, 0.6) is 0 Å². The molecule has 2 unspecified atom stereocenters. The summed E-state index contributed by atoms with van der Waals surface area (Å²) in [6.07, 6.45) is 5.09. The number of nitrogens with zero attached hydrogens (tertiary/aromatic N) is 2. The van der Waals surface area contributed by atoms with Gasteiger partial charge in [-0.05, 0) is 38.5 Å². The van der Waals surface area contributed by atoms with Gasteiger partial charge in [0.15, 0.2) is 0 Å². The van der Waals surface area contributed by atoms with E-state index in [-0.39, 0.29) is 5.41 Å². The Morgan fingerprint density at radius 1 is 1.53 bits per heavy atom. The summed E-state index contributed by atoms with van der Waals surface area (Å²) in [6.45, 7) is 2.84. The first-order chi connectivity index (χ1) is 9.07. The van der Waals surface area contributed by atoms with Crippen molar-refractivity contribution in [2.24, 2.45) is 18.4 Å². The van der Waals surface area contributed by atoms with Crippen molar-refractivity contribution in [2.75, 3.05) is 11.9 Å². The van der Waals surface area contributed by atoms with Crippen molar-refractivity contribution in [3.63, 3.8) is 0 Å². The second-order valence-corrected chi connectivity index (χ2v) is 6.96. The first-order valence-electron chi connectivity index (χ1n) is 6.93. The monoisotopic (exact) mass is 346 g/mol. The zero-order valence-electron chi connectivity index (χ0n) is 11.5. The van der Waals surface area contributed by atoms with Crippen LogP contribution >= 0.6 is 27.5 Å². The fourth-order valence-electron chi connectivity index (χ4n) is 3.33. The molecule has 2 heterocycles. The van der Waals surface area contributed by atoms with Crippen LogP contribution in [0.4, 0.5) is 0 Å². The molecule has 1 aromatic rings. The zero-order chi connectivity index (χ0) is 13.6. The van der Waals surface area contributed by atoms with Gasteiger partial charge in [0.05, 0.1) is 22.5 Å². The molecule has 2 fully saturated rings. The maximum atomic E-state index is 6.41. The molecule has 0 radical (unpaired) electrons. The number of alkyl halides is 1. The minimum atomic E-state index is 0.186. The molecule has 5 heteroatoms. The summed E-state index contributed by atoms with van der Waals surface area (Å²) < 4.78 is 7.97. The predicted octanol–water partition coefficient (Wildman–Crippen LogP) is 3.50. The fourth-order valence-corrected chi connectivity index (χ4v) is 4.35. The van der Waals surface area contributed by atoms with Gasteiger partial charge in [0, 0.05) is 24.4 Å². The number of aryl methyl sites for hydroxylation is 2. The molecule has 0 spiro atoms. The van der Waals surface area contributed by atoms with Gasteiger partial charge in [-0.3, -0.25) is 4.68 Å². The number of rotatable bonds is 4. The van der Waals surface area contributed by atoms with Crippen LogP contribution in [0.25, 0.3) is 0 Å². The molecule has 1 aliphatic carbocycles. The number of hydrogen-bond acceptors (Lipinski definition) is 2. The molecular weight excluding hydrogens is 328 g/mol. The van der Waals surface area contributed by atoms with Crippen LogP contribution in [0, 0.1) is 18.3 Å². The largest absolute Gasteiger partial charge is 0.377 e. The summed E-state index contributed by atoms with van der Waals surface area (Å²) in [5.41, 5.74) is 2.26. The van der Waals surface area contributed by atoms with Crippen molar-refractivity contribution in [1.29, 1.82) is 0 Å². The number of hydrogen-bond donors (Lipinski definition) is 0. The Morgan fingerprint density at radius 2 is 2.26 bits per heavy atom. The SMILES string of the molecule is Cc1nn(C)c(CC2(CBr)CCOC2C2CC2)c1Cl. The van der Waals surface area contributed by atoms with Crippen LogP contribution in [0.2, 0.25) is 5.02 Å². The lowest BCUT2D eigenvalue weighted by atomic mass is 9.77. The Labute approximate surface area is 127 Å². The van der Waals surface area contributed by atoms with Crippen LogP contribution in [0.1, 0.15) is 30.7 Å². The summed E-state index contributed by atoms with van der Waals surface area (Å²) >= 11 is 10.1. The summed E-state index contributed by atoms with van der Waals surface area (Å²) in [5, 5.41) is 6.23. The first kappa shape index (κ1) is 13.9. The third-order valence-corrected chi connectivity index (χ3v) is 6.21. The lowest BCUT2D eigenvalue weighted by molar-refractivity contribution is 0.0406. The maximum absolute atomic E-state index is 6.41. The van der Waals surface area contributed by atoms with E-state index in [1.807, 2.05) is 18.7 Å². The normalized spacial score (nSPS) is 31.1. The van der Waals surface area contributed by atoms with E-state index < -0.39 is 0 Å². The average molecular weight is 348 g/mol. The molecule has 0 amide bonds. The quantitative estimate of drug-likeness (QED) is 0.779. The summed E-state index contributed by atoms with van der Waals surface area (Å²) in [6, 6.07) is 0. The van der Waals surface area contributed by atoms with Gasteiger partial charge in [0.2, 0.25) is 0 Å². The molecular formula is C14H20BrClN2O. The van der Waals surface area contributed by atoms with Crippen molar-refractivity contribution in [3.05, 3.63) is 16.4 Å². The van der Waals surface area contributed by atoms with Crippen molar-refractivity contribution >= 4 is 27.5 Å². The van der Waals surface area contributed by atoms with Gasteiger partial charge in [0.25, 0.3) is 0 Å². The van der Waals surface area contributed by atoms with E-state index in [2.05, 4.69) is 21.0 Å². The third kappa shape index (κ3) is 2.36. The van der Waals surface area contributed by atoms with Crippen LogP contribution in [-0.2, 0) is 18.2 Å². The molecule has 1 aliphatic heterocycles. The highest BCUT2D eigenvalue weighted by Gasteiger charge is 2.50. The van der Waals surface area contributed by atoms with Gasteiger partial charge in [-0.25, -0.2) is 0 Å². The average Bonchev–Trinajstić information content (AvgIpc) is 3.11. The molecule has 0 bridgehead atoms. The molecule has 19 heavy (non-hydrogen) atoms. The minimum absolute atomic E-state index is 0.186. The molecule has 2 aliphatic rings. The van der Waals surface area contributed by atoms with Crippen molar-refractivity contribution in [3.8, 4) is 0 Å². The molecule has 3 nitrogen and oxygen atoms in total. The molecule has 106 valence electrons. The molecule has 1 aromatic heterocycles. The van der Waals surface area contributed by atoms with Crippen LogP contribution < -0.4 is 0 Å². The van der Waals surface area contributed by atoms with Gasteiger partial charge in [-0.2, -0.15) is 5.10 Å². The lowest BCUT2D eigenvalue weighted by Crippen LogP contribution is -2.37. The highest BCUT2D eigenvalue weighted by molar-refractivity contribution is 9.09. The van der Waals surface area contributed by atoms with Crippen molar-refractivity contribution in [2.45, 2.75) is 38.7 Å². The topological polar surface area (TPSA) is 27.1 Å². The second kappa shape index (κ2) is 5.05. The maximum Gasteiger partial charge on any atom is 0.0847 e. The first-order valence-corrected chi connectivity index (χ1v) is 8.43. The molecule has 3 rings (SSSR count). The zero-order valence-corrected chi connectivity index (χ0v) is 13.8. The number of aromatic nitrogens is 2. The van der Waals surface area contributed by atoms with Gasteiger partial charge >= 0.3 is 0 Å². The Kier molecular flexibility index (Phi) is 3.69. The van der Waals surface area contributed by atoms with E-state index in [1.165, 1.54) is 12.8 Å². The van der Waals surface area contributed by atoms with E-state index in [1.54, 1.807) is 0 Å². The molecule has 1 saturated heterocycles. The Hall–Kier alpha value is -0.0600. The van der Waals surface area contributed by atoms with Crippen LogP contribution in [0.3, 0.4) is 0 Å². The van der Waals surface area contributed by atoms with E-state index in [0.717, 1.165) is 47.1 Å². The molecule has 0 aromatic carbocycles. The van der Waals surface area contributed by atoms with Crippen LogP contribution in [0.15, 0.2) is 0 Å². The highest BCUT2D eigenvalue weighted by atomic mass is 79.9. The third-order valence-electron chi connectivity index (χ3n) is 4.60.